The van der Waals surface area contributed by atoms with Gasteiger partial charge in [-0.2, -0.15) is 0 Å². The summed E-state index contributed by atoms with van der Waals surface area (Å²) in [5.41, 5.74) is 0.781. The number of rotatable bonds is 5. The van der Waals surface area contributed by atoms with Gasteiger partial charge < -0.3 is 9.53 Å². The van der Waals surface area contributed by atoms with Gasteiger partial charge in [0.1, 0.15) is 5.82 Å². The van der Waals surface area contributed by atoms with Crippen LogP contribution in [0.25, 0.3) is 6.08 Å². The Bertz CT molecular complexity index is 522. The number of aliphatic hydroxyl groups excluding tert-OH is 1. The summed E-state index contributed by atoms with van der Waals surface area (Å²) in [7, 11) is -1.96. The van der Waals surface area contributed by atoms with Crippen LogP contribution in [0.1, 0.15) is 31.9 Å². The van der Waals surface area contributed by atoms with Gasteiger partial charge in [0, 0.05) is 16.1 Å². The molecule has 0 unspecified atom stereocenters. The van der Waals surface area contributed by atoms with E-state index in [1.54, 1.807) is 18.2 Å². The molecule has 0 atom stereocenters. The topological polar surface area (TPSA) is 29.5 Å². The minimum Gasteiger partial charge on any atom is -0.412 e. The van der Waals surface area contributed by atoms with Crippen LogP contribution in [0.5, 0.6) is 0 Å². The Hall–Kier alpha value is -0.683. The maximum atomic E-state index is 14.4. The second-order valence-electron chi connectivity index (χ2n) is 6.56. The van der Waals surface area contributed by atoms with E-state index in [2.05, 4.69) is 33.9 Å². The van der Waals surface area contributed by atoms with E-state index < -0.39 is 8.32 Å². The van der Waals surface area contributed by atoms with Crippen molar-refractivity contribution in [3.63, 3.8) is 0 Å². The monoisotopic (exact) mass is 330 g/mol. The van der Waals surface area contributed by atoms with Gasteiger partial charge >= 0.3 is 0 Å². The highest BCUT2D eigenvalue weighted by atomic mass is 35.5. The van der Waals surface area contributed by atoms with E-state index in [0.29, 0.717) is 16.1 Å². The van der Waals surface area contributed by atoms with Crippen molar-refractivity contribution in [2.45, 2.75) is 45.5 Å². The van der Waals surface area contributed by atoms with Gasteiger partial charge in [-0.05, 0) is 24.2 Å². The molecule has 0 saturated carbocycles. The van der Waals surface area contributed by atoms with Crippen molar-refractivity contribution in [1.82, 2.24) is 0 Å². The van der Waals surface area contributed by atoms with Crippen molar-refractivity contribution in [2.24, 2.45) is 0 Å². The standard InChI is InChI=1S/C16H24ClFO2Si/c1-16(2,3)21(4,5)20-11-13-14(17)9-8-12(15(13)18)7-6-10-19/h6-9,19H,10-11H2,1-5H3. The number of hydrogen-bond acceptors (Lipinski definition) is 2. The smallest absolute Gasteiger partial charge is 0.192 e. The van der Waals surface area contributed by atoms with Crippen LogP contribution in [-0.2, 0) is 11.0 Å². The zero-order valence-corrected chi connectivity index (χ0v) is 15.1. The van der Waals surface area contributed by atoms with Gasteiger partial charge in [0.05, 0.1) is 13.2 Å². The molecular formula is C16H24ClFO2Si. The van der Waals surface area contributed by atoms with E-state index >= 15 is 0 Å². The van der Waals surface area contributed by atoms with Crippen LogP contribution in [0.2, 0.25) is 23.2 Å². The maximum Gasteiger partial charge on any atom is 0.192 e. The summed E-state index contributed by atoms with van der Waals surface area (Å²) in [4.78, 5) is 0. The first-order valence-electron chi connectivity index (χ1n) is 6.98. The molecule has 0 bridgehead atoms. The van der Waals surface area contributed by atoms with Crippen molar-refractivity contribution < 1.29 is 13.9 Å². The second-order valence-corrected chi connectivity index (χ2v) is 11.8. The quantitative estimate of drug-likeness (QED) is 0.769. The van der Waals surface area contributed by atoms with Crippen molar-refractivity contribution in [2.75, 3.05) is 6.61 Å². The Morgan fingerprint density at radius 3 is 2.48 bits per heavy atom. The van der Waals surface area contributed by atoms with Gasteiger partial charge in [-0.1, -0.05) is 50.6 Å². The second kappa shape index (κ2) is 7.05. The fourth-order valence-electron chi connectivity index (χ4n) is 1.53. The third kappa shape index (κ3) is 4.64. The summed E-state index contributed by atoms with van der Waals surface area (Å²) in [5, 5.41) is 9.22. The molecule has 21 heavy (non-hydrogen) atoms. The minimum atomic E-state index is -1.96. The van der Waals surface area contributed by atoms with E-state index in [1.807, 2.05) is 0 Å². The lowest BCUT2D eigenvalue weighted by Gasteiger charge is -2.36. The molecule has 0 aliphatic carbocycles. The van der Waals surface area contributed by atoms with Gasteiger partial charge in [0.15, 0.2) is 8.32 Å². The lowest BCUT2D eigenvalue weighted by molar-refractivity contribution is 0.271. The van der Waals surface area contributed by atoms with Gasteiger partial charge in [-0.3, -0.25) is 0 Å². The molecular weight excluding hydrogens is 307 g/mol. The van der Waals surface area contributed by atoms with E-state index in [4.69, 9.17) is 21.1 Å². The Balaban J connectivity index is 3.01. The fourth-order valence-corrected chi connectivity index (χ4v) is 2.66. The Morgan fingerprint density at radius 2 is 1.95 bits per heavy atom. The van der Waals surface area contributed by atoms with E-state index in [0.717, 1.165) is 0 Å². The molecule has 0 heterocycles. The van der Waals surface area contributed by atoms with Crippen LogP contribution in [0.4, 0.5) is 4.39 Å². The van der Waals surface area contributed by atoms with Crippen LogP contribution < -0.4 is 0 Å². The maximum absolute atomic E-state index is 14.4. The summed E-state index contributed by atoms with van der Waals surface area (Å²) in [5.74, 6) is -0.383. The molecule has 0 saturated heterocycles. The average Bonchev–Trinajstić information content (AvgIpc) is 2.36. The van der Waals surface area contributed by atoms with E-state index in [1.165, 1.54) is 6.08 Å². The number of hydrogen-bond donors (Lipinski definition) is 1. The van der Waals surface area contributed by atoms with Gasteiger partial charge in [-0.15, -0.1) is 0 Å². The fraction of sp³-hybridized carbons (Fsp3) is 0.500. The van der Waals surface area contributed by atoms with E-state index in [-0.39, 0.29) is 24.1 Å². The molecule has 0 fully saturated rings. The first-order chi connectivity index (χ1) is 9.60. The predicted octanol–water partition coefficient (Wildman–Crippen LogP) is 5.01. The molecule has 1 N–H and O–H groups in total. The van der Waals surface area contributed by atoms with Crippen molar-refractivity contribution in [1.29, 1.82) is 0 Å². The first-order valence-corrected chi connectivity index (χ1v) is 10.3. The SMILES string of the molecule is CC(C)(C)[Si](C)(C)OCc1c(Cl)ccc(C=CCO)c1F. The summed E-state index contributed by atoms with van der Waals surface area (Å²) < 4.78 is 20.5. The highest BCUT2D eigenvalue weighted by molar-refractivity contribution is 6.74. The Labute approximate surface area is 132 Å². The molecule has 5 heteroatoms. The zero-order valence-electron chi connectivity index (χ0n) is 13.3. The predicted molar refractivity (Wildman–Crippen MR) is 89.5 cm³/mol. The van der Waals surface area contributed by atoms with Crippen LogP contribution in [0.15, 0.2) is 18.2 Å². The molecule has 1 aromatic carbocycles. The normalized spacial score (nSPS) is 13.1. The third-order valence-electron chi connectivity index (χ3n) is 4.00. The molecule has 0 aromatic heterocycles. The van der Waals surface area contributed by atoms with Crippen LogP contribution >= 0.6 is 11.6 Å². The molecule has 118 valence electrons. The average molecular weight is 331 g/mol. The largest absolute Gasteiger partial charge is 0.412 e. The van der Waals surface area contributed by atoms with E-state index in [9.17, 15) is 4.39 Å². The lowest BCUT2D eigenvalue weighted by Crippen LogP contribution is -2.40. The molecule has 1 rings (SSSR count). The van der Waals surface area contributed by atoms with Gasteiger partial charge in [-0.25, -0.2) is 4.39 Å². The van der Waals surface area contributed by atoms with Gasteiger partial charge in [0.2, 0.25) is 0 Å². The van der Waals surface area contributed by atoms with Crippen LogP contribution in [0.3, 0.4) is 0 Å². The number of halogens is 2. The molecule has 1 aromatic rings. The molecule has 0 spiro atoms. The highest BCUT2D eigenvalue weighted by Crippen LogP contribution is 2.37. The highest BCUT2D eigenvalue weighted by Gasteiger charge is 2.37. The van der Waals surface area contributed by atoms with Crippen molar-refractivity contribution in [3.8, 4) is 0 Å². The molecule has 2 nitrogen and oxygen atoms in total. The Kier molecular flexibility index (Phi) is 6.17. The molecule has 0 aliphatic heterocycles. The number of aliphatic hydroxyl groups is 1. The zero-order chi connectivity index (χ0) is 16.3. The molecule has 0 aliphatic rings. The summed E-state index contributed by atoms with van der Waals surface area (Å²) in [6.45, 7) is 10.7. The molecule has 0 radical (unpaired) electrons. The molecule has 0 amide bonds. The third-order valence-corrected chi connectivity index (χ3v) is 8.83. The number of benzene rings is 1. The summed E-state index contributed by atoms with van der Waals surface area (Å²) >= 11 is 6.10. The minimum absolute atomic E-state index is 0.0599. The lowest BCUT2D eigenvalue weighted by atomic mass is 10.1. The van der Waals surface area contributed by atoms with Crippen LogP contribution in [-0.4, -0.2) is 20.0 Å². The van der Waals surface area contributed by atoms with Crippen LogP contribution in [0, 0.1) is 5.82 Å². The summed E-state index contributed by atoms with van der Waals surface area (Å²) in [6.07, 6.45) is 3.03. The van der Waals surface area contributed by atoms with Gasteiger partial charge in [0.25, 0.3) is 0 Å². The Morgan fingerprint density at radius 1 is 1.33 bits per heavy atom. The first kappa shape index (κ1) is 18.4. The van der Waals surface area contributed by atoms with Crippen molar-refractivity contribution >= 4 is 26.0 Å². The van der Waals surface area contributed by atoms with Crippen molar-refractivity contribution in [3.05, 3.63) is 40.2 Å². The summed E-state index contributed by atoms with van der Waals surface area (Å²) in [6, 6.07) is 3.26.